The van der Waals surface area contributed by atoms with E-state index in [4.69, 9.17) is 0 Å². The first kappa shape index (κ1) is 16.5. The van der Waals surface area contributed by atoms with E-state index in [1.54, 1.807) is 11.3 Å². The Morgan fingerprint density at radius 2 is 1.86 bits per heavy atom. The Hall–Kier alpha value is -2.47. The Kier molecular flexibility index (Phi) is 3.69. The molecule has 6 rings (SSSR count). The van der Waals surface area contributed by atoms with Gasteiger partial charge in [-0.3, -0.25) is 14.6 Å². The van der Waals surface area contributed by atoms with Crippen molar-refractivity contribution in [2.45, 2.75) is 12.5 Å². The van der Waals surface area contributed by atoms with Crippen LogP contribution in [0.3, 0.4) is 0 Å². The monoisotopic (exact) mass is 402 g/mol. The van der Waals surface area contributed by atoms with E-state index in [1.165, 1.54) is 15.3 Å². The molecule has 5 heteroatoms. The van der Waals surface area contributed by atoms with Gasteiger partial charge in [0.1, 0.15) is 0 Å². The van der Waals surface area contributed by atoms with Crippen molar-refractivity contribution in [3.05, 3.63) is 86.2 Å². The van der Waals surface area contributed by atoms with Crippen molar-refractivity contribution in [2.75, 3.05) is 18.1 Å². The molecule has 0 radical (unpaired) electrons. The molecule has 0 saturated heterocycles. The second kappa shape index (κ2) is 6.27. The number of benzene rings is 2. The molecule has 0 fully saturated rings. The van der Waals surface area contributed by atoms with Gasteiger partial charge in [-0.2, -0.15) is 0 Å². The van der Waals surface area contributed by atoms with Crippen LogP contribution in [-0.2, 0) is 6.42 Å². The highest BCUT2D eigenvalue weighted by Gasteiger charge is 2.36. The second-order valence-electron chi connectivity index (χ2n) is 7.33. The van der Waals surface area contributed by atoms with Gasteiger partial charge in [0, 0.05) is 27.2 Å². The summed E-state index contributed by atoms with van der Waals surface area (Å²) in [6.07, 6.45) is 1.05. The molecule has 2 aliphatic rings. The summed E-state index contributed by atoms with van der Waals surface area (Å²) < 4.78 is 0. The number of hydrogen-bond acceptors (Lipinski definition) is 4. The number of thiophene rings is 2. The van der Waals surface area contributed by atoms with Gasteiger partial charge in [0.2, 0.25) is 0 Å². The summed E-state index contributed by atoms with van der Waals surface area (Å²) in [6.45, 7) is 1.58. The lowest BCUT2D eigenvalue weighted by Gasteiger charge is -2.38. The zero-order chi connectivity index (χ0) is 18.7. The van der Waals surface area contributed by atoms with Crippen molar-refractivity contribution in [1.29, 1.82) is 0 Å². The predicted molar refractivity (Wildman–Crippen MR) is 117 cm³/mol. The molecule has 0 aliphatic carbocycles. The standard InChI is InChI=1S/C23H18N2OS2/c26-23-17-6-1-4-15-5-2-7-18(21(15)17)25(23)14-24-11-9-19-16(10-13-28-19)22(24)20-8-3-12-27-20/h1-8,10,12-13,22H,9,11,14H2/t22-/m0/s1. The highest BCUT2D eigenvalue weighted by Crippen LogP contribution is 2.42. The maximum atomic E-state index is 13.2. The third kappa shape index (κ3) is 2.33. The quantitative estimate of drug-likeness (QED) is 0.450. The van der Waals surface area contributed by atoms with Gasteiger partial charge in [-0.15, -0.1) is 22.7 Å². The maximum absolute atomic E-state index is 13.2. The number of carbonyl (C=O) groups is 1. The molecule has 0 bridgehead atoms. The zero-order valence-corrected chi connectivity index (χ0v) is 16.8. The van der Waals surface area contributed by atoms with Gasteiger partial charge in [0.05, 0.1) is 18.4 Å². The molecular formula is C23H18N2OS2. The Bertz CT molecular complexity index is 1190. The summed E-state index contributed by atoms with van der Waals surface area (Å²) in [5, 5.41) is 6.58. The van der Waals surface area contributed by atoms with E-state index < -0.39 is 0 Å². The van der Waals surface area contributed by atoms with E-state index in [0.717, 1.165) is 35.0 Å². The predicted octanol–water partition coefficient (Wildman–Crippen LogP) is 5.53. The molecule has 138 valence electrons. The van der Waals surface area contributed by atoms with Crippen molar-refractivity contribution in [1.82, 2.24) is 4.90 Å². The molecule has 3 nitrogen and oxygen atoms in total. The fourth-order valence-electron chi connectivity index (χ4n) is 4.60. The van der Waals surface area contributed by atoms with Crippen LogP contribution in [0, 0.1) is 0 Å². The van der Waals surface area contributed by atoms with Crippen LogP contribution in [0.25, 0.3) is 10.8 Å². The lowest BCUT2D eigenvalue weighted by atomic mass is 9.99. The van der Waals surface area contributed by atoms with Crippen molar-refractivity contribution in [3.8, 4) is 0 Å². The van der Waals surface area contributed by atoms with Gasteiger partial charge >= 0.3 is 0 Å². The summed E-state index contributed by atoms with van der Waals surface area (Å²) in [4.78, 5) is 20.5. The molecular weight excluding hydrogens is 384 g/mol. The number of nitrogens with zero attached hydrogens (tertiary/aromatic N) is 2. The maximum Gasteiger partial charge on any atom is 0.260 e. The van der Waals surface area contributed by atoms with Crippen LogP contribution in [0.5, 0.6) is 0 Å². The second-order valence-corrected chi connectivity index (χ2v) is 9.31. The van der Waals surface area contributed by atoms with E-state index >= 15 is 0 Å². The number of fused-ring (bicyclic) bond motifs is 1. The number of amides is 1. The van der Waals surface area contributed by atoms with Crippen molar-refractivity contribution in [3.63, 3.8) is 0 Å². The van der Waals surface area contributed by atoms with Gasteiger partial charge in [0.15, 0.2) is 0 Å². The smallest absolute Gasteiger partial charge is 0.260 e. The molecule has 1 atom stereocenters. The summed E-state index contributed by atoms with van der Waals surface area (Å²) in [6, 6.07) is 19.1. The molecule has 4 aromatic rings. The van der Waals surface area contributed by atoms with Crippen molar-refractivity contribution < 1.29 is 4.79 Å². The van der Waals surface area contributed by atoms with Crippen LogP contribution in [0.15, 0.2) is 65.4 Å². The normalized spacial score (nSPS) is 18.8. The Labute approximate surface area is 171 Å². The largest absolute Gasteiger partial charge is 0.294 e. The summed E-state index contributed by atoms with van der Waals surface area (Å²) in [5.41, 5.74) is 3.27. The number of hydrogen-bond donors (Lipinski definition) is 0. The summed E-state index contributed by atoms with van der Waals surface area (Å²) in [7, 11) is 0. The third-order valence-electron chi connectivity index (χ3n) is 5.85. The van der Waals surface area contributed by atoms with Gasteiger partial charge < -0.3 is 0 Å². The van der Waals surface area contributed by atoms with Crippen LogP contribution < -0.4 is 4.90 Å². The molecule has 4 heterocycles. The van der Waals surface area contributed by atoms with Gasteiger partial charge in [0.25, 0.3) is 5.91 Å². The van der Waals surface area contributed by atoms with E-state index in [-0.39, 0.29) is 11.9 Å². The molecule has 1 amide bonds. The minimum Gasteiger partial charge on any atom is -0.294 e. The number of anilines is 1. The zero-order valence-electron chi connectivity index (χ0n) is 15.2. The van der Waals surface area contributed by atoms with Gasteiger partial charge in [-0.25, -0.2) is 0 Å². The van der Waals surface area contributed by atoms with E-state index in [9.17, 15) is 4.79 Å². The SMILES string of the molecule is O=C1c2cccc3cccc(c23)N1CN1CCc2sccc2[C@H]1c1cccs1. The highest BCUT2D eigenvalue weighted by molar-refractivity contribution is 7.10. The molecule has 2 aromatic carbocycles. The van der Waals surface area contributed by atoms with E-state index in [1.807, 2.05) is 28.4 Å². The molecule has 2 aliphatic heterocycles. The number of rotatable bonds is 3. The minimum absolute atomic E-state index is 0.118. The molecule has 0 spiro atoms. The average molecular weight is 403 g/mol. The fourth-order valence-corrected chi connectivity index (χ4v) is 6.38. The molecule has 0 saturated carbocycles. The van der Waals surface area contributed by atoms with Crippen molar-refractivity contribution >= 4 is 45.0 Å². The van der Waals surface area contributed by atoms with E-state index in [0.29, 0.717) is 6.67 Å². The summed E-state index contributed by atoms with van der Waals surface area (Å²) in [5.74, 6) is 0.118. The van der Waals surface area contributed by atoms with Crippen LogP contribution >= 0.6 is 22.7 Å². The van der Waals surface area contributed by atoms with Crippen LogP contribution in [0.4, 0.5) is 5.69 Å². The first-order valence-corrected chi connectivity index (χ1v) is 11.2. The van der Waals surface area contributed by atoms with Gasteiger partial charge in [-0.1, -0.05) is 30.3 Å². The first-order valence-electron chi connectivity index (χ1n) is 9.48. The fraction of sp³-hybridized carbons (Fsp3) is 0.174. The van der Waals surface area contributed by atoms with Gasteiger partial charge in [-0.05, 0) is 52.4 Å². The highest BCUT2D eigenvalue weighted by atomic mass is 32.1. The first-order chi connectivity index (χ1) is 13.8. The Balaban J connectivity index is 1.42. The molecule has 0 N–H and O–H groups in total. The topological polar surface area (TPSA) is 23.6 Å². The molecule has 2 aromatic heterocycles. The lowest BCUT2D eigenvalue weighted by molar-refractivity contribution is 0.0965. The number of carbonyl (C=O) groups excluding carboxylic acids is 1. The Morgan fingerprint density at radius 1 is 0.964 bits per heavy atom. The van der Waals surface area contributed by atoms with E-state index in [2.05, 4.69) is 58.1 Å². The molecule has 28 heavy (non-hydrogen) atoms. The molecule has 0 unspecified atom stereocenters. The third-order valence-corrected chi connectivity index (χ3v) is 7.77. The van der Waals surface area contributed by atoms with Crippen molar-refractivity contribution in [2.24, 2.45) is 0 Å². The Morgan fingerprint density at radius 3 is 2.71 bits per heavy atom. The van der Waals surface area contributed by atoms with Crippen LogP contribution in [0.1, 0.15) is 31.7 Å². The summed E-state index contributed by atoms with van der Waals surface area (Å²) >= 11 is 3.65. The average Bonchev–Trinajstić information content (AvgIpc) is 3.46. The van der Waals surface area contributed by atoms with Crippen LogP contribution in [0.2, 0.25) is 0 Å². The van der Waals surface area contributed by atoms with Crippen LogP contribution in [-0.4, -0.2) is 24.0 Å². The minimum atomic E-state index is 0.118. The lowest BCUT2D eigenvalue weighted by Crippen LogP contribution is -2.44.